The van der Waals surface area contributed by atoms with Crippen LogP contribution in [0.2, 0.25) is 0 Å². The van der Waals surface area contributed by atoms with Crippen LogP contribution in [0.1, 0.15) is 39.0 Å². The van der Waals surface area contributed by atoms with E-state index in [1.54, 1.807) is 6.92 Å². The predicted molar refractivity (Wildman–Crippen MR) is 57.4 cm³/mol. The maximum Gasteiger partial charge on any atom is 0.333 e. The van der Waals surface area contributed by atoms with Gasteiger partial charge in [-0.25, -0.2) is 4.79 Å². The van der Waals surface area contributed by atoms with Crippen LogP contribution < -0.4 is 0 Å². The molecule has 0 aromatic carbocycles. The van der Waals surface area contributed by atoms with Crippen molar-refractivity contribution in [3.63, 3.8) is 0 Å². The Balaban J connectivity index is 2.37. The summed E-state index contributed by atoms with van der Waals surface area (Å²) in [4.78, 5) is 22.5. The molecule has 0 saturated heterocycles. The molecule has 1 aliphatic carbocycles. The highest BCUT2D eigenvalue weighted by Crippen LogP contribution is 2.26. The topological polar surface area (TPSA) is 43.4 Å². The molecule has 1 unspecified atom stereocenters. The summed E-state index contributed by atoms with van der Waals surface area (Å²) in [6.07, 6.45) is 3.86. The van der Waals surface area contributed by atoms with E-state index in [9.17, 15) is 9.59 Å². The Morgan fingerprint density at radius 3 is 2.93 bits per heavy atom. The van der Waals surface area contributed by atoms with Crippen molar-refractivity contribution in [3.8, 4) is 0 Å². The molecule has 1 fully saturated rings. The fraction of sp³-hybridized carbons (Fsp3) is 0.667. The van der Waals surface area contributed by atoms with Gasteiger partial charge in [0, 0.05) is 18.4 Å². The van der Waals surface area contributed by atoms with Gasteiger partial charge in [0.1, 0.15) is 5.78 Å². The molecule has 0 aliphatic heterocycles. The molecule has 0 amide bonds. The van der Waals surface area contributed by atoms with Crippen LogP contribution in [0.5, 0.6) is 0 Å². The van der Waals surface area contributed by atoms with Gasteiger partial charge in [0.15, 0.2) is 0 Å². The highest BCUT2D eigenvalue weighted by atomic mass is 16.5. The molecule has 0 aromatic rings. The van der Waals surface area contributed by atoms with Crippen molar-refractivity contribution in [3.05, 3.63) is 12.2 Å². The first-order chi connectivity index (χ1) is 7.13. The molecule has 1 atom stereocenters. The Bertz CT molecular complexity index is 268. The summed E-state index contributed by atoms with van der Waals surface area (Å²) in [5, 5.41) is 0. The second kappa shape index (κ2) is 5.69. The average molecular weight is 210 g/mol. The molecule has 1 aliphatic rings. The Hall–Kier alpha value is -1.12. The summed E-state index contributed by atoms with van der Waals surface area (Å²) in [6, 6.07) is 0. The Kier molecular flexibility index (Phi) is 4.53. The minimum absolute atomic E-state index is 0.295. The molecular weight excluding hydrogens is 192 g/mol. The smallest absolute Gasteiger partial charge is 0.333 e. The fourth-order valence-corrected chi connectivity index (χ4v) is 1.95. The molecule has 84 valence electrons. The van der Waals surface area contributed by atoms with Crippen molar-refractivity contribution in [1.29, 1.82) is 0 Å². The van der Waals surface area contributed by atoms with Gasteiger partial charge in [-0.1, -0.05) is 6.58 Å². The number of rotatable bonds is 4. The van der Waals surface area contributed by atoms with Crippen LogP contribution in [-0.4, -0.2) is 18.4 Å². The highest BCUT2D eigenvalue weighted by molar-refractivity contribution is 5.88. The molecule has 0 aromatic heterocycles. The molecule has 0 bridgehead atoms. The standard InChI is InChI=1S/C12H18O3/c1-3-15-12(14)9(2)7-10-5-4-6-11(13)8-10/h10H,2-8H2,1H3. The molecule has 0 spiro atoms. The van der Waals surface area contributed by atoms with Crippen LogP contribution in [0.25, 0.3) is 0 Å². The van der Waals surface area contributed by atoms with E-state index in [1.807, 2.05) is 0 Å². The van der Waals surface area contributed by atoms with Gasteiger partial charge >= 0.3 is 5.97 Å². The summed E-state index contributed by atoms with van der Waals surface area (Å²) in [6.45, 7) is 5.86. The molecule has 3 nitrogen and oxygen atoms in total. The van der Waals surface area contributed by atoms with Crippen LogP contribution in [0.4, 0.5) is 0 Å². The van der Waals surface area contributed by atoms with Gasteiger partial charge < -0.3 is 4.74 Å². The van der Waals surface area contributed by atoms with E-state index in [2.05, 4.69) is 6.58 Å². The number of Topliss-reactive ketones (excluding diaryl/α,β-unsaturated/α-hetero) is 1. The van der Waals surface area contributed by atoms with E-state index in [1.165, 1.54) is 0 Å². The van der Waals surface area contributed by atoms with Crippen LogP contribution in [0, 0.1) is 5.92 Å². The van der Waals surface area contributed by atoms with Crippen molar-refractivity contribution in [2.75, 3.05) is 6.61 Å². The quantitative estimate of drug-likeness (QED) is 0.528. The number of carbonyl (C=O) groups excluding carboxylic acids is 2. The summed E-state index contributed by atoms with van der Waals surface area (Å²) < 4.78 is 4.85. The third-order valence-corrected chi connectivity index (χ3v) is 2.68. The first-order valence-electron chi connectivity index (χ1n) is 5.50. The molecule has 0 radical (unpaired) electrons. The summed E-state index contributed by atoms with van der Waals surface area (Å²) in [5.74, 6) is 0.279. The molecule has 3 heteroatoms. The van der Waals surface area contributed by atoms with E-state index in [0.717, 1.165) is 12.8 Å². The normalized spacial score (nSPS) is 21.1. The minimum Gasteiger partial charge on any atom is -0.463 e. The first kappa shape index (κ1) is 12.0. The largest absolute Gasteiger partial charge is 0.463 e. The zero-order valence-corrected chi connectivity index (χ0v) is 9.25. The average Bonchev–Trinajstić information content (AvgIpc) is 2.18. The molecular formula is C12H18O3. The second-order valence-electron chi connectivity index (χ2n) is 4.03. The predicted octanol–water partition coefficient (Wildman–Crippen LogP) is 2.26. The lowest BCUT2D eigenvalue weighted by Crippen LogP contribution is -2.18. The van der Waals surface area contributed by atoms with Crippen LogP contribution in [-0.2, 0) is 14.3 Å². The highest BCUT2D eigenvalue weighted by Gasteiger charge is 2.22. The number of ketones is 1. The van der Waals surface area contributed by atoms with Crippen molar-refractivity contribution >= 4 is 11.8 Å². The van der Waals surface area contributed by atoms with E-state index in [0.29, 0.717) is 43.1 Å². The molecule has 0 heterocycles. The number of hydrogen-bond donors (Lipinski definition) is 0. The summed E-state index contributed by atoms with van der Waals surface area (Å²) in [5.41, 5.74) is 0.497. The Morgan fingerprint density at radius 2 is 2.33 bits per heavy atom. The summed E-state index contributed by atoms with van der Waals surface area (Å²) >= 11 is 0. The van der Waals surface area contributed by atoms with Gasteiger partial charge in [-0.2, -0.15) is 0 Å². The number of hydrogen-bond acceptors (Lipinski definition) is 3. The van der Waals surface area contributed by atoms with Crippen LogP contribution in [0.3, 0.4) is 0 Å². The zero-order chi connectivity index (χ0) is 11.3. The maximum absolute atomic E-state index is 11.3. The van der Waals surface area contributed by atoms with Crippen LogP contribution >= 0.6 is 0 Å². The lowest BCUT2D eigenvalue weighted by atomic mass is 9.84. The van der Waals surface area contributed by atoms with E-state index in [4.69, 9.17) is 4.74 Å². The molecule has 1 rings (SSSR count). The zero-order valence-electron chi connectivity index (χ0n) is 9.25. The van der Waals surface area contributed by atoms with Crippen molar-refractivity contribution in [1.82, 2.24) is 0 Å². The lowest BCUT2D eigenvalue weighted by molar-refractivity contribution is -0.139. The molecule has 1 saturated carbocycles. The first-order valence-corrected chi connectivity index (χ1v) is 5.50. The van der Waals surface area contributed by atoms with Gasteiger partial charge in [0.25, 0.3) is 0 Å². The molecule has 15 heavy (non-hydrogen) atoms. The third-order valence-electron chi connectivity index (χ3n) is 2.68. The van der Waals surface area contributed by atoms with Crippen molar-refractivity contribution in [2.24, 2.45) is 5.92 Å². The minimum atomic E-state index is -0.324. The fourth-order valence-electron chi connectivity index (χ4n) is 1.95. The van der Waals surface area contributed by atoms with Gasteiger partial charge in [-0.15, -0.1) is 0 Å². The summed E-state index contributed by atoms with van der Waals surface area (Å²) in [7, 11) is 0. The maximum atomic E-state index is 11.3. The third kappa shape index (κ3) is 3.86. The number of carbonyl (C=O) groups is 2. The lowest BCUT2D eigenvalue weighted by Gasteiger charge is -2.20. The molecule has 0 N–H and O–H groups in total. The number of esters is 1. The monoisotopic (exact) mass is 210 g/mol. The Morgan fingerprint density at radius 1 is 1.60 bits per heavy atom. The van der Waals surface area contributed by atoms with Crippen molar-refractivity contribution in [2.45, 2.75) is 39.0 Å². The Labute approximate surface area is 90.5 Å². The van der Waals surface area contributed by atoms with Gasteiger partial charge in [0.05, 0.1) is 6.61 Å². The van der Waals surface area contributed by atoms with Gasteiger partial charge in [0.2, 0.25) is 0 Å². The number of ether oxygens (including phenoxy) is 1. The SMILES string of the molecule is C=C(CC1CCCC(=O)C1)C(=O)OCC. The van der Waals surface area contributed by atoms with E-state index in [-0.39, 0.29) is 5.97 Å². The van der Waals surface area contributed by atoms with E-state index >= 15 is 0 Å². The van der Waals surface area contributed by atoms with Crippen molar-refractivity contribution < 1.29 is 14.3 Å². The van der Waals surface area contributed by atoms with Crippen LogP contribution in [0.15, 0.2) is 12.2 Å². The van der Waals surface area contributed by atoms with E-state index < -0.39 is 0 Å². The second-order valence-corrected chi connectivity index (χ2v) is 4.03. The van der Waals surface area contributed by atoms with Gasteiger partial charge in [-0.05, 0) is 32.1 Å². The van der Waals surface area contributed by atoms with Gasteiger partial charge in [-0.3, -0.25) is 4.79 Å².